The van der Waals surface area contributed by atoms with E-state index in [1.165, 1.54) is 11.1 Å². The Kier molecular flexibility index (Phi) is 2.11. The van der Waals surface area contributed by atoms with E-state index in [4.69, 9.17) is 0 Å². The SMILES string of the molecule is CC1=C(C)CC(O)C(O)C1. The van der Waals surface area contributed by atoms with Gasteiger partial charge in [-0.15, -0.1) is 0 Å². The van der Waals surface area contributed by atoms with Crippen LogP contribution in [0.2, 0.25) is 0 Å². The summed E-state index contributed by atoms with van der Waals surface area (Å²) in [7, 11) is 0. The fraction of sp³-hybridized carbons (Fsp3) is 0.750. The zero-order chi connectivity index (χ0) is 7.72. The largest absolute Gasteiger partial charge is 0.390 e. The molecule has 58 valence electrons. The molecule has 1 aliphatic rings. The molecule has 0 saturated carbocycles. The number of aliphatic hydroxyl groups excluding tert-OH is 2. The van der Waals surface area contributed by atoms with Crippen molar-refractivity contribution in [3.63, 3.8) is 0 Å². The molecule has 0 radical (unpaired) electrons. The van der Waals surface area contributed by atoms with Crippen molar-refractivity contribution < 1.29 is 10.2 Å². The van der Waals surface area contributed by atoms with Crippen LogP contribution in [-0.2, 0) is 0 Å². The fourth-order valence-electron chi connectivity index (χ4n) is 1.25. The third-order valence-electron chi connectivity index (χ3n) is 2.20. The molecule has 1 rings (SSSR count). The van der Waals surface area contributed by atoms with Crippen LogP contribution in [0.15, 0.2) is 11.1 Å². The van der Waals surface area contributed by atoms with Crippen LogP contribution >= 0.6 is 0 Å². The van der Waals surface area contributed by atoms with Crippen LogP contribution in [0.25, 0.3) is 0 Å². The number of hydrogen-bond donors (Lipinski definition) is 2. The Bertz CT molecular complexity index is 143. The van der Waals surface area contributed by atoms with Crippen LogP contribution in [0, 0.1) is 0 Å². The van der Waals surface area contributed by atoms with E-state index in [0.717, 1.165) is 0 Å². The Morgan fingerprint density at radius 2 is 1.30 bits per heavy atom. The van der Waals surface area contributed by atoms with Gasteiger partial charge in [-0.3, -0.25) is 0 Å². The Balaban J connectivity index is 2.69. The molecule has 0 aliphatic heterocycles. The highest BCUT2D eigenvalue weighted by Gasteiger charge is 2.22. The molecule has 0 amide bonds. The lowest BCUT2D eigenvalue weighted by Crippen LogP contribution is -2.29. The van der Waals surface area contributed by atoms with Crippen molar-refractivity contribution in [2.45, 2.75) is 38.9 Å². The van der Waals surface area contributed by atoms with E-state index in [2.05, 4.69) is 0 Å². The zero-order valence-electron chi connectivity index (χ0n) is 6.46. The van der Waals surface area contributed by atoms with Gasteiger partial charge in [0.05, 0.1) is 12.2 Å². The second-order valence-corrected chi connectivity index (χ2v) is 3.10. The molecule has 2 unspecified atom stereocenters. The van der Waals surface area contributed by atoms with Crippen molar-refractivity contribution in [1.82, 2.24) is 0 Å². The summed E-state index contributed by atoms with van der Waals surface area (Å²) in [5.41, 5.74) is 2.44. The lowest BCUT2D eigenvalue weighted by Gasteiger charge is -2.25. The highest BCUT2D eigenvalue weighted by molar-refractivity contribution is 5.16. The molecule has 0 bridgehead atoms. The van der Waals surface area contributed by atoms with Gasteiger partial charge in [0.1, 0.15) is 0 Å². The standard InChI is InChI=1S/C8H14O2/c1-5-3-7(9)8(10)4-6(5)2/h7-10H,3-4H2,1-2H3. The number of aliphatic hydroxyl groups is 2. The Labute approximate surface area is 61.2 Å². The van der Waals surface area contributed by atoms with Gasteiger partial charge in [0.2, 0.25) is 0 Å². The van der Waals surface area contributed by atoms with Gasteiger partial charge in [0, 0.05) is 0 Å². The van der Waals surface area contributed by atoms with E-state index in [1.54, 1.807) is 0 Å². The Morgan fingerprint density at radius 3 is 1.60 bits per heavy atom. The summed E-state index contributed by atoms with van der Waals surface area (Å²) in [6.45, 7) is 4.01. The van der Waals surface area contributed by atoms with Crippen LogP contribution in [0.3, 0.4) is 0 Å². The van der Waals surface area contributed by atoms with Crippen LogP contribution in [-0.4, -0.2) is 22.4 Å². The first-order valence-corrected chi connectivity index (χ1v) is 3.62. The Hall–Kier alpha value is -0.340. The van der Waals surface area contributed by atoms with Gasteiger partial charge in [0.25, 0.3) is 0 Å². The monoisotopic (exact) mass is 142 g/mol. The molecule has 0 aromatic carbocycles. The molecule has 1 aliphatic carbocycles. The van der Waals surface area contributed by atoms with Crippen LogP contribution < -0.4 is 0 Å². The van der Waals surface area contributed by atoms with E-state index in [-0.39, 0.29) is 0 Å². The fourth-order valence-corrected chi connectivity index (χ4v) is 1.25. The number of hydrogen-bond acceptors (Lipinski definition) is 2. The lowest BCUT2D eigenvalue weighted by molar-refractivity contribution is 0.0144. The molecule has 0 aromatic rings. The summed E-state index contributed by atoms with van der Waals surface area (Å²) in [6, 6.07) is 0. The molecule has 0 spiro atoms. The molecule has 2 N–H and O–H groups in total. The lowest BCUT2D eigenvalue weighted by atomic mass is 9.90. The van der Waals surface area contributed by atoms with Gasteiger partial charge >= 0.3 is 0 Å². The van der Waals surface area contributed by atoms with Crippen molar-refractivity contribution in [2.24, 2.45) is 0 Å². The normalized spacial score (nSPS) is 34.8. The van der Waals surface area contributed by atoms with E-state index in [0.29, 0.717) is 12.8 Å². The quantitative estimate of drug-likeness (QED) is 0.492. The third kappa shape index (κ3) is 1.39. The summed E-state index contributed by atoms with van der Waals surface area (Å²) < 4.78 is 0. The highest BCUT2D eigenvalue weighted by atomic mass is 16.3. The maximum Gasteiger partial charge on any atom is 0.0839 e. The maximum atomic E-state index is 9.18. The van der Waals surface area contributed by atoms with Gasteiger partial charge in [0.15, 0.2) is 0 Å². The first-order valence-electron chi connectivity index (χ1n) is 3.62. The van der Waals surface area contributed by atoms with E-state index in [1.807, 2.05) is 13.8 Å². The van der Waals surface area contributed by atoms with Crippen molar-refractivity contribution in [3.05, 3.63) is 11.1 Å². The van der Waals surface area contributed by atoms with Gasteiger partial charge in [-0.2, -0.15) is 0 Å². The van der Waals surface area contributed by atoms with Gasteiger partial charge in [-0.1, -0.05) is 11.1 Å². The molecule has 2 heteroatoms. The Morgan fingerprint density at radius 1 is 1.00 bits per heavy atom. The molecule has 0 aromatic heterocycles. The van der Waals surface area contributed by atoms with E-state index >= 15 is 0 Å². The molecule has 0 fully saturated rings. The van der Waals surface area contributed by atoms with Crippen LogP contribution in [0.5, 0.6) is 0 Å². The smallest absolute Gasteiger partial charge is 0.0839 e. The van der Waals surface area contributed by atoms with Crippen LogP contribution in [0.4, 0.5) is 0 Å². The second-order valence-electron chi connectivity index (χ2n) is 3.10. The van der Waals surface area contributed by atoms with Crippen molar-refractivity contribution in [1.29, 1.82) is 0 Å². The average molecular weight is 142 g/mol. The zero-order valence-corrected chi connectivity index (χ0v) is 6.46. The molecule has 10 heavy (non-hydrogen) atoms. The molecular weight excluding hydrogens is 128 g/mol. The summed E-state index contributed by atoms with van der Waals surface area (Å²) in [5, 5.41) is 18.4. The van der Waals surface area contributed by atoms with Gasteiger partial charge in [-0.25, -0.2) is 0 Å². The van der Waals surface area contributed by atoms with Crippen molar-refractivity contribution in [2.75, 3.05) is 0 Å². The summed E-state index contributed by atoms with van der Waals surface area (Å²) >= 11 is 0. The average Bonchev–Trinajstić information content (AvgIpc) is 1.84. The minimum absolute atomic E-state index is 0.538. The van der Waals surface area contributed by atoms with Gasteiger partial charge in [-0.05, 0) is 26.7 Å². The molecule has 0 heterocycles. The predicted octanol–water partition coefficient (Wildman–Crippen LogP) is 0.838. The summed E-state index contributed by atoms with van der Waals surface area (Å²) in [5.74, 6) is 0. The number of rotatable bonds is 0. The van der Waals surface area contributed by atoms with Crippen LogP contribution in [0.1, 0.15) is 26.7 Å². The summed E-state index contributed by atoms with van der Waals surface area (Å²) in [4.78, 5) is 0. The first-order chi connectivity index (χ1) is 4.61. The molecular formula is C8H14O2. The minimum Gasteiger partial charge on any atom is -0.390 e. The maximum absolute atomic E-state index is 9.18. The molecule has 0 saturated heterocycles. The predicted molar refractivity (Wildman–Crippen MR) is 39.6 cm³/mol. The molecule has 2 nitrogen and oxygen atoms in total. The second kappa shape index (κ2) is 2.72. The van der Waals surface area contributed by atoms with E-state index in [9.17, 15) is 10.2 Å². The topological polar surface area (TPSA) is 40.5 Å². The summed E-state index contributed by atoms with van der Waals surface area (Å²) in [6.07, 6.45) is 0.187. The highest BCUT2D eigenvalue weighted by Crippen LogP contribution is 2.24. The first kappa shape index (κ1) is 7.76. The van der Waals surface area contributed by atoms with E-state index < -0.39 is 12.2 Å². The minimum atomic E-state index is -0.538. The third-order valence-corrected chi connectivity index (χ3v) is 2.20. The van der Waals surface area contributed by atoms with Gasteiger partial charge < -0.3 is 10.2 Å². The molecule has 2 atom stereocenters. The van der Waals surface area contributed by atoms with Crippen molar-refractivity contribution in [3.8, 4) is 0 Å². The van der Waals surface area contributed by atoms with Crippen molar-refractivity contribution >= 4 is 0 Å².